The predicted octanol–water partition coefficient (Wildman–Crippen LogP) is 4.31. The van der Waals surface area contributed by atoms with Crippen molar-refractivity contribution in [1.29, 1.82) is 0 Å². The van der Waals surface area contributed by atoms with Crippen LogP contribution in [-0.2, 0) is 4.79 Å². The molecule has 0 radical (unpaired) electrons. The SMILES string of the molecule is CCC(C)C(NC(=O)c1cccs1)C(=O)N1CCN(C(=O)Nc2ccc(Cl)cc2)C(C)C1. The monoisotopic (exact) mass is 476 g/mol. The average Bonchev–Trinajstić information content (AvgIpc) is 3.33. The van der Waals surface area contributed by atoms with Gasteiger partial charge in [-0.25, -0.2) is 4.79 Å². The fraction of sp³-hybridized carbons (Fsp3) is 0.435. The molecule has 0 bridgehead atoms. The second-order valence-electron chi connectivity index (χ2n) is 8.08. The number of carbonyl (C=O) groups excluding carboxylic acids is 3. The van der Waals surface area contributed by atoms with Crippen LogP contribution >= 0.6 is 22.9 Å². The van der Waals surface area contributed by atoms with Gasteiger partial charge < -0.3 is 20.4 Å². The van der Waals surface area contributed by atoms with Crippen LogP contribution < -0.4 is 10.6 Å². The van der Waals surface area contributed by atoms with Gasteiger partial charge in [0.05, 0.1) is 4.88 Å². The molecule has 0 saturated carbocycles. The molecule has 172 valence electrons. The summed E-state index contributed by atoms with van der Waals surface area (Å²) in [6.45, 7) is 7.13. The number of benzene rings is 1. The number of amides is 4. The van der Waals surface area contributed by atoms with Crippen molar-refractivity contribution in [2.45, 2.75) is 39.3 Å². The van der Waals surface area contributed by atoms with Crippen LogP contribution in [0.5, 0.6) is 0 Å². The third-order valence-electron chi connectivity index (χ3n) is 5.81. The first-order chi connectivity index (χ1) is 15.3. The minimum absolute atomic E-state index is 0.00653. The number of halogens is 1. The van der Waals surface area contributed by atoms with E-state index >= 15 is 0 Å². The van der Waals surface area contributed by atoms with E-state index in [0.29, 0.717) is 35.2 Å². The van der Waals surface area contributed by atoms with E-state index in [0.717, 1.165) is 6.42 Å². The molecular weight excluding hydrogens is 448 g/mol. The summed E-state index contributed by atoms with van der Waals surface area (Å²) in [6, 6.07) is 9.52. The molecular formula is C23H29ClN4O3S. The van der Waals surface area contributed by atoms with Crippen LogP contribution in [0.2, 0.25) is 5.02 Å². The van der Waals surface area contributed by atoms with Crippen LogP contribution in [0.4, 0.5) is 10.5 Å². The summed E-state index contributed by atoms with van der Waals surface area (Å²) in [4.78, 5) is 42.7. The second kappa shape index (κ2) is 10.8. The smallest absolute Gasteiger partial charge is 0.322 e. The number of rotatable bonds is 6. The molecule has 4 amide bonds. The number of nitrogens with one attached hydrogen (secondary N) is 2. The van der Waals surface area contributed by atoms with Gasteiger partial charge in [-0.05, 0) is 48.6 Å². The van der Waals surface area contributed by atoms with Gasteiger partial charge in [0.1, 0.15) is 6.04 Å². The quantitative estimate of drug-likeness (QED) is 0.651. The number of urea groups is 1. The highest BCUT2D eigenvalue weighted by Crippen LogP contribution is 2.19. The normalized spacial score (nSPS) is 18.1. The summed E-state index contributed by atoms with van der Waals surface area (Å²) < 4.78 is 0. The molecule has 0 spiro atoms. The van der Waals surface area contributed by atoms with Crippen LogP contribution in [0.1, 0.15) is 36.9 Å². The Bertz CT molecular complexity index is 935. The first kappa shape index (κ1) is 24.1. The maximum absolute atomic E-state index is 13.3. The number of carbonyl (C=O) groups is 3. The zero-order chi connectivity index (χ0) is 23.3. The van der Waals surface area contributed by atoms with Crippen molar-refractivity contribution >= 4 is 46.5 Å². The van der Waals surface area contributed by atoms with Crippen LogP contribution in [0, 0.1) is 5.92 Å². The molecule has 9 heteroatoms. The lowest BCUT2D eigenvalue weighted by atomic mass is 9.97. The molecule has 2 aromatic rings. The van der Waals surface area contributed by atoms with Crippen LogP contribution in [-0.4, -0.2) is 59.4 Å². The van der Waals surface area contributed by atoms with E-state index in [1.165, 1.54) is 11.3 Å². The topological polar surface area (TPSA) is 81.8 Å². The minimum atomic E-state index is -0.601. The van der Waals surface area contributed by atoms with Crippen molar-refractivity contribution < 1.29 is 14.4 Å². The first-order valence-electron chi connectivity index (χ1n) is 10.8. The standard InChI is InChI=1S/C23H29ClN4O3S/c1-4-15(2)20(26-21(29)19-6-5-13-32-19)22(30)27-11-12-28(16(3)14-27)23(31)25-18-9-7-17(24)8-10-18/h5-10,13,15-16,20H,4,11-12,14H2,1-3H3,(H,25,31)(H,26,29). The predicted molar refractivity (Wildman–Crippen MR) is 128 cm³/mol. The van der Waals surface area contributed by atoms with Crippen molar-refractivity contribution in [3.63, 3.8) is 0 Å². The van der Waals surface area contributed by atoms with Gasteiger partial charge in [0, 0.05) is 36.4 Å². The van der Waals surface area contributed by atoms with Crippen molar-refractivity contribution in [3.05, 3.63) is 51.7 Å². The molecule has 1 aliphatic rings. The number of anilines is 1. The number of thiophene rings is 1. The zero-order valence-electron chi connectivity index (χ0n) is 18.5. The number of nitrogens with zero attached hydrogens (tertiary/aromatic N) is 2. The van der Waals surface area contributed by atoms with E-state index in [1.807, 2.05) is 32.2 Å². The molecule has 3 unspecified atom stereocenters. The highest BCUT2D eigenvalue weighted by Gasteiger charge is 2.35. The summed E-state index contributed by atoms with van der Waals surface area (Å²) in [5.74, 6) is -0.338. The van der Waals surface area contributed by atoms with Crippen molar-refractivity contribution in [2.75, 3.05) is 25.0 Å². The van der Waals surface area contributed by atoms with Crippen LogP contribution in [0.25, 0.3) is 0 Å². The van der Waals surface area contributed by atoms with Crippen molar-refractivity contribution in [1.82, 2.24) is 15.1 Å². The molecule has 1 saturated heterocycles. The Morgan fingerprint density at radius 1 is 1.19 bits per heavy atom. The summed E-state index contributed by atoms with van der Waals surface area (Å²) in [6.07, 6.45) is 0.764. The van der Waals surface area contributed by atoms with Gasteiger partial charge in [0.2, 0.25) is 5.91 Å². The van der Waals surface area contributed by atoms with Crippen molar-refractivity contribution in [2.24, 2.45) is 5.92 Å². The average molecular weight is 477 g/mol. The molecule has 1 aliphatic heterocycles. The van der Waals surface area contributed by atoms with E-state index in [2.05, 4.69) is 10.6 Å². The molecule has 7 nitrogen and oxygen atoms in total. The number of hydrogen-bond acceptors (Lipinski definition) is 4. The Labute approximate surface area is 197 Å². The largest absolute Gasteiger partial charge is 0.339 e. The lowest BCUT2D eigenvalue weighted by molar-refractivity contribution is -0.136. The Morgan fingerprint density at radius 2 is 1.91 bits per heavy atom. The highest BCUT2D eigenvalue weighted by molar-refractivity contribution is 7.12. The van der Waals surface area contributed by atoms with Gasteiger partial charge in [-0.15, -0.1) is 11.3 Å². The van der Waals surface area contributed by atoms with Gasteiger partial charge in [0.25, 0.3) is 5.91 Å². The highest BCUT2D eigenvalue weighted by atomic mass is 35.5. The zero-order valence-corrected chi connectivity index (χ0v) is 20.1. The Balaban J connectivity index is 1.62. The van der Waals surface area contributed by atoms with Gasteiger partial charge in [-0.3, -0.25) is 9.59 Å². The van der Waals surface area contributed by atoms with Gasteiger partial charge in [-0.2, -0.15) is 0 Å². The van der Waals surface area contributed by atoms with Gasteiger partial charge in [-0.1, -0.05) is 37.9 Å². The van der Waals surface area contributed by atoms with E-state index in [1.54, 1.807) is 40.1 Å². The lowest BCUT2D eigenvalue weighted by Crippen LogP contribution is -2.60. The number of piperazine rings is 1. The fourth-order valence-electron chi connectivity index (χ4n) is 3.69. The minimum Gasteiger partial charge on any atom is -0.339 e. The Hall–Kier alpha value is -2.58. The van der Waals surface area contributed by atoms with E-state index < -0.39 is 6.04 Å². The Kier molecular flexibility index (Phi) is 8.15. The van der Waals surface area contributed by atoms with Crippen molar-refractivity contribution in [3.8, 4) is 0 Å². The maximum Gasteiger partial charge on any atom is 0.322 e. The molecule has 3 rings (SSSR count). The fourth-order valence-corrected chi connectivity index (χ4v) is 4.44. The Morgan fingerprint density at radius 3 is 2.50 bits per heavy atom. The third-order valence-corrected chi connectivity index (χ3v) is 6.93. The van der Waals surface area contributed by atoms with E-state index in [-0.39, 0.29) is 29.8 Å². The molecule has 1 aromatic carbocycles. The van der Waals surface area contributed by atoms with Crippen LogP contribution in [0.3, 0.4) is 0 Å². The summed E-state index contributed by atoms with van der Waals surface area (Å²) in [7, 11) is 0. The maximum atomic E-state index is 13.3. The molecule has 2 N–H and O–H groups in total. The van der Waals surface area contributed by atoms with Gasteiger partial charge >= 0.3 is 6.03 Å². The second-order valence-corrected chi connectivity index (χ2v) is 9.46. The molecule has 3 atom stereocenters. The molecule has 32 heavy (non-hydrogen) atoms. The van der Waals surface area contributed by atoms with Crippen LogP contribution in [0.15, 0.2) is 41.8 Å². The molecule has 0 aliphatic carbocycles. The number of hydrogen-bond donors (Lipinski definition) is 2. The van der Waals surface area contributed by atoms with E-state index in [4.69, 9.17) is 11.6 Å². The summed E-state index contributed by atoms with van der Waals surface area (Å²) in [5, 5.41) is 8.24. The van der Waals surface area contributed by atoms with E-state index in [9.17, 15) is 14.4 Å². The summed E-state index contributed by atoms with van der Waals surface area (Å²) >= 11 is 7.25. The molecule has 2 heterocycles. The van der Waals surface area contributed by atoms with Gasteiger partial charge in [0.15, 0.2) is 0 Å². The first-order valence-corrected chi connectivity index (χ1v) is 12.0. The summed E-state index contributed by atoms with van der Waals surface area (Å²) in [5.41, 5.74) is 0.665. The molecule has 1 fully saturated rings. The molecule has 1 aromatic heterocycles. The third kappa shape index (κ3) is 5.81. The lowest BCUT2D eigenvalue weighted by Gasteiger charge is -2.41.